The van der Waals surface area contributed by atoms with E-state index in [1.807, 2.05) is 0 Å². The largest absolute Gasteiger partial charge is 0.416 e. The first-order valence-electron chi connectivity index (χ1n) is 6.68. The van der Waals surface area contributed by atoms with E-state index in [4.69, 9.17) is 4.74 Å². The summed E-state index contributed by atoms with van der Waals surface area (Å²) in [5.74, 6) is 0. The highest BCUT2D eigenvalue weighted by atomic mass is 19.4. The molecule has 1 aromatic rings. The zero-order valence-corrected chi connectivity index (χ0v) is 11.5. The second-order valence-corrected chi connectivity index (χ2v) is 4.91. The van der Waals surface area contributed by atoms with Gasteiger partial charge in [-0.2, -0.15) is 13.2 Å². The van der Waals surface area contributed by atoms with Gasteiger partial charge in [0.25, 0.3) is 0 Å². The molecule has 0 aromatic heterocycles. The van der Waals surface area contributed by atoms with E-state index in [-0.39, 0.29) is 0 Å². The summed E-state index contributed by atoms with van der Waals surface area (Å²) in [6.45, 7) is 6.44. The Hall–Kier alpha value is -1.27. The Balaban J connectivity index is 1.91. The third kappa shape index (κ3) is 4.11. The molecule has 1 saturated heterocycles. The minimum Gasteiger partial charge on any atom is -0.384 e. The Morgan fingerprint density at radius 2 is 1.95 bits per heavy atom. The molecule has 1 heterocycles. The standard InChI is InChI=1S/C14H19F3N2O/c1-11-2-3-12(14(15,16)17)10-13(11)18-4-5-19-6-8-20-9-7-19/h2-3,10,18H,4-9H2,1H3. The Bertz CT molecular complexity index is 443. The lowest BCUT2D eigenvalue weighted by Gasteiger charge is -2.26. The summed E-state index contributed by atoms with van der Waals surface area (Å²) in [4.78, 5) is 2.24. The van der Waals surface area contributed by atoms with Crippen LogP contribution < -0.4 is 5.32 Å². The van der Waals surface area contributed by atoms with Crippen LogP contribution in [0.4, 0.5) is 18.9 Å². The number of hydrogen-bond donors (Lipinski definition) is 1. The number of alkyl halides is 3. The molecule has 0 saturated carbocycles. The van der Waals surface area contributed by atoms with Crippen LogP contribution in [-0.2, 0) is 10.9 Å². The maximum absolute atomic E-state index is 12.7. The van der Waals surface area contributed by atoms with E-state index in [0.717, 1.165) is 44.5 Å². The van der Waals surface area contributed by atoms with Gasteiger partial charge in [0.05, 0.1) is 18.8 Å². The maximum Gasteiger partial charge on any atom is 0.416 e. The van der Waals surface area contributed by atoms with Crippen LogP contribution in [0.1, 0.15) is 11.1 Å². The average molecular weight is 288 g/mol. The number of benzene rings is 1. The van der Waals surface area contributed by atoms with Gasteiger partial charge >= 0.3 is 6.18 Å². The molecule has 20 heavy (non-hydrogen) atoms. The van der Waals surface area contributed by atoms with Gasteiger partial charge < -0.3 is 10.1 Å². The van der Waals surface area contributed by atoms with Crippen molar-refractivity contribution < 1.29 is 17.9 Å². The highest BCUT2D eigenvalue weighted by Crippen LogP contribution is 2.31. The molecule has 2 rings (SSSR count). The minimum absolute atomic E-state index is 0.549. The number of hydrogen-bond acceptors (Lipinski definition) is 3. The van der Waals surface area contributed by atoms with Crippen LogP contribution in [0.3, 0.4) is 0 Å². The predicted octanol–water partition coefficient (Wildman–Crippen LogP) is 2.76. The Kier molecular flexibility index (Phi) is 4.88. The molecule has 1 N–H and O–H groups in total. The minimum atomic E-state index is -4.30. The average Bonchev–Trinajstić information content (AvgIpc) is 2.41. The summed E-state index contributed by atoms with van der Waals surface area (Å²) in [5.41, 5.74) is 0.755. The lowest BCUT2D eigenvalue weighted by Crippen LogP contribution is -2.39. The molecule has 0 aliphatic carbocycles. The quantitative estimate of drug-likeness (QED) is 0.922. The van der Waals surface area contributed by atoms with Crippen LogP contribution in [0.15, 0.2) is 18.2 Å². The number of anilines is 1. The van der Waals surface area contributed by atoms with Gasteiger partial charge in [-0.1, -0.05) is 6.07 Å². The van der Waals surface area contributed by atoms with Gasteiger partial charge in [-0.05, 0) is 24.6 Å². The second-order valence-electron chi connectivity index (χ2n) is 4.91. The normalized spacial score (nSPS) is 17.2. The summed E-state index contributed by atoms with van der Waals surface area (Å²) in [6.07, 6.45) is -4.30. The molecule has 0 atom stereocenters. The monoisotopic (exact) mass is 288 g/mol. The van der Waals surface area contributed by atoms with E-state index in [2.05, 4.69) is 10.2 Å². The smallest absolute Gasteiger partial charge is 0.384 e. The van der Waals surface area contributed by atoms with Crippen molar-refractivity contribution in [2.45, 2.75) is 13.1 Å². The maximum atomic E-state index is 12.7. The number of halogens is 3. The number of nitrogens with zero attached hydrogens (tertiary/aromatic N) is 1. The van der Waals surface area contributed by atoms with Gasteiger partial charge in [0, 0.05) is 31.9 Å². The second kappa shape index (κ2) is 6.45. The Labute approximate surface area is 116 Å². The van der Waals surface area contributed by atoms with Crippen LogP contribution >= 0.6 is 0 Å². The number of ether oxygens (including phenoxy) is 1. The van der Waals surface area contributed by atoms with Crippen molar-refractivity contribution in [2.24, 2.45) is 0 Å². The molecule has 6 heteroatoms. The summed E-state index contributed by atoms with van der Waals surface area (Å²) in [5, 5.41) is 3.09. The van der Waals surface area contributed by atoms with Crippen LogP contribution in [0.5, 0.6) is 0 Å². The Morgan fingerprint density at radius 3 is 2.60 bits per heavy atom. The first-order chi connectivity index (χ1) is 9.47. The SMILES string of the molecule is Cc1ccc(C(F)(F)F)cc1NCCN1CCOCC1. The van der Waals surface area contributed by atoms with Crippen molar-refractivity contribution in [3.8, 4) is 0 Å². The van der Waals surface area contributed by atoms with E-state index in [9.17, 15) is 13.2 Å². The molecule has 1 fully saturated rings. The number of morpholine rings is 1. The van der Waals surface area contributed by atoms with Gasteiger partial charge in [-0.3, -0.25) is 4.90 Å². The van der Waals surface area contributed by atoms with E-state index in [1.54, 1.807) is 6.92 Å². The van der Waals surface area contributed by atoms with E-state index in [1.165, 1.54) is 12.1 Å². The van der Waals surface area contributed by atoms with Gasteiger partial charge in [0.15, 0.2) is 0 Å². The molecule has 112 valence electrons. The van der Waals surface area contributed by atoms with E-state index >= 15 is 0 Å². The first kappa shape index (κ1) is 15.1. The molecule has 0 radical (unpaired) electrons. The van der Waals surface area contributed by atoms with Crippen LogP contribution in [0.25, 0.3) is 0 Å². The van der Waals surface area contributed by atoms with Crippen molar-refractivity contribution in [1.82, 2.24) is 4.90 Å². The summed E-state index contributed by atoms with van der Waals surface area (Å²) < 4.78 is 43.2. The summed E-state index contributed by atoms with van der Waals surface area (Å²) in [7, 11) is 0. The van der Waals surface area contributed by atoms with Crippen LogP contribution in [0.2, 0.25) is 0 Å². The molecule has 1 aliphatic rings. The van der Waals surface area contributed by atoms with Gasteiger partial charge in [0.1, 0.15) is 0 Å². The highest BCUT2D eigenvalue weighted by Gasteiger charge is 2.30. The number of rotatable bonds is 4. The topological polar surface area (TPSA) is 24.5 Å². The predicted molar refractivity (Wildman–Crippen MR) is 71.9 cm³/mol. The summed E-state index contributed by atoms with van der Waals surface area (Å²) in [6, 6.07) is 3.79. The van der Waals surface area contributed by atoms with Crippen molar-refractivity contribution in [1.29, 1.82) is 0 Å². The number of nitrogens with one attached hydrogen (secondary N) is 1. The third-order valence-corrected chi connectivity index (χ3v) is 3.41. The lowest BCUT2D eigenvalue weighted by molar-refractivity contribution is -0.137. The fourth-order valence-electron chi connectivity index (χ4n) is 2.16. The molecule has 1 aliphatic heterocycles. The molecule has 3 nitrogen and oxygen atoms in total. The van der Waals surface area contributed by atoms with Crippen molar-refractivity contribution in [2.75, 3.05) is 44.7 Å². The number of aryl methyl sites for hydroxylation is 1. The molecule has 1 aromatic carbocycles. The van der Waals surface area contributed by atoms with Crippen molar-refractivity contribution >= 4 is 5.69 Å². The molecule has 0 unspecified atom stereocenters. The van der Waals surface area contributed by atoms with Gasteiger partial charge in [-0.15, -0.1) is 0 Å². The van der Waals surface area contributed by atoms with Crippen molar-refractivity contribution in [3.05, 3.63) is 29.3 Å². The molecule has 0 amide bonds. The third-order valence-electron chi connectivity index (χ3n) is 3.41. The van der Waals surface area contributed by atoms with Crippen molar-refractivity contribution in [3.63, 3.8) is 0 Å². The zero-order valence-electron chi connectivity index (χ0n) is 11.5. The first-order valence-corrected chi connectivity index (χ1v) is 6.68. The molecular weight excluding hydrogens is 269 g/mol. The van der Waals surface area contributed by atoms with Crippen LogP contribution in [0, 0.1) is 6.92 Å². The van der Waals surface area contributed by atoms with Crippen LogP contribution in [-0.4, -0.2) is 44.3 Å². The molecule has 0 bridgehead atoms. The highest BCUT2D eigenvalue weighted by molar-refractivity contribution is 5.53. The molecule has 0 spiro atoms. The fourth-order valence-corrected chi connectivity index (χ4v) is 2.16. The van der Waals surface area contributed by atoms with Gasteiger partial charge in [-0.25, -0.2) is 0 Å². The van der Waals surface area contributed by atoms with Gasteiger partial charge in [0.2, 0.25) is 0 Å². The fraction of sp³-hybridized carbons (Fsp3) is 0.571. The van der Waals surface area contributed by atoms with E-state index < -0.39 is 11.7 Å². The zero-order chi connectivity index (χ0) is 14.6. The Morgan fingerprint density at radius 1 is 1.25 bits per heavy atom. The molecular formula is C14H19F3N2O. The lowest BCUT2D eigenvalue weighted by atomic mass is 10.1. The summed E-state index contributed by atoms with van der Waals surface area (Å²) >= 11 is 0. The van der Waals surface area contributed by atoms with E-state index in [0.29, 0.717) is 12.2 Å².